The molecule has 186 valence electrons. The molecular weight excluding hydrogens is 468 g/mol. The zero-order valence-corrected chi connectivity index (χ0v) is 19.5. The minimum atomic E-state index is -3.93. The molecule has 2 saturated heterocycles. The van der Waals surface area contributed by atoms with Crippen LogP contribution in [0.4, 0.5) is 0 Å². The number of hydrogen-bond acceptors (Lipinski definition) is 8. The molecule has 1 atom stereocenters. The Morgan fingerprint density at radius 1 is 1.03 bits per heavy atom. The molecule has 3 aliphatic rings. The summed E-state index contributed by atoms with van der Waals surface area (Å²) in [5.41, 5.74) is 0. The van der Waals surface area contributed by atoms with Gasteiger partial charge in [0, 0.05) is 38.7 Å². The van der Waals surface area contributed by atoms with Crippen LogP contribution < -0.4 is 20.1 Å². The number of fused-ring (bicyclic) bond motifs is 1. The SMILES string of the molecule is O=C(NCCCN1CCCC1=O)C(=O)NC[C@@H]1OCCN1S(=O)(=O)c1ccc2c(c1)OCCO2. The van der Waals surface area contributed by atoms with Gasteiger partial charge in [-0.1, -0.05) is 0 Å². The third kappa shape index (κ3) is 5.42. The number of sulfonamides is 1. The third-order valence-corrected chi connectivity index (χ3v) is 7.65. The lowest BCUT2D eigenvalue weighted by Crippen LogP contribution is -2.47. The van der Waals surface area contributed by atoms with Gasteiger partial charge < -0.3 is 29.7 Å². The zero-order chi connectivity index (χ0) is 24.1. The van der Waals surface area contributed by atoms with Crippen LogP contribution >= 0.6 is 0 Å². The van der Waals surface area contributed by atoms with Gasteiger partial charge in [0.1, 0.15) is 19.4 Å². The normalized spacial score (nSPS) is 20.4. The molecule has 0 unspecified atom stereocenters. The van der Waals surface area contributed by atoms with E-state index >= 15 is 0 Å². The summed E-state index contributed by atoms with van der Waals surface area (Å²) in [5.74, 6) is -0.777. The molecule has 34 heavy (non-hydrogen) atoms. The number of amides is 3. The number of nitrogens with zero attached hydrogens (tertiary/aromatic N) is 2. The standard InChI is InChI=1S/C21H28N4O8S/c26-18-3-1-7-24(18)8-2-6-22-20(27)21(28)23-14-19-25(9-10-33-19)34(29,30)15-4-5-16-17(13-15)32-12-11-31-16/h4-5,13,19H,1-3,6-12,14H2,(H,22,27)(H,23,28)/t19-/m0/s1. The molecule has 13 heteroatoms. The second kappa shape index (κ2) is 10.6. The van der Waals surface area contributed by atoms with E-state index in [1.54, 1.807) is 11.0 Å². The Kier molecular flexibility index (Phi) is 7.54. The van der Waals surface area contributed by atoms with E-state index in [2.05, 4.69) is 10.6 Å². The average Bonchev–Trinajstić information content (AvgIpc) is 3.49. The van der Waals surface area contributed by atoms with E-state index in [4.69, 9.17) is 14.2 Å². The maximum Gasteiger partial charge on any atom is 0.309 e. The number of carbonyl (C=O) groups is 3. The molecule has 4 rings (SSSR count). The summed E-state index contributed by atoms with van der Waals surface area (Å²) in [7, 11) is -3.93. The van der Waals surface area contributed by atoms with Crippen molar-refractivity contribution in [3.63, 3.8) is 0 Å². The summed E-state index contributed by atoms with van der Waals surface area (Å²) in [5, 5.41) is 4.93. The third-order valence-electron chi connectivity index (χ3n) is 5.77. The summed E-state index contributed by atoms with van der Waals surface area (Å²) in [4.78, 5) is 37.5. The highest BCUT2D eigenvalue weighted by molar-refractivity contribution is 7.89. The van der Waals surface area contributed by atoms with Gasteiger partial charge in [0.25, 0.3) is 0 Å². The molecule has 1 aromatic rings. The Morgan fingerprint density at radius 2 is 1.79 bits per heavy atom. The summed E-state index contributed by atoms with van der Waals surface area (Å²) in [6.45, 7) is 2.32. The number of nitrogens with one attached hydrogen (secondary N) is 2. The maximum atomic E-state index is 13.1. The highest BCUT2D eigenvalue weighted by atomic mass is 32.2. The molecule has 0 bridgehead atoms. The van der Waals surface area contributed by atoms with E-state index < -0.39 is 28.1 Å². The van der Waals surface area contributed by atoms with Crippen LogP contribution in [0.25, 0.3) is 0 Å². The Bertz CT molecular complexity index is 1050. The van der Waals surface area contributed by atoms with Crippen molar-refractivity contribution >= 4 is 27.7 Å². The Labute approximate surface area is 197 Å². The van der Waals surface area contributed by atoms with Gasteiger partial charge in [-0.2, -0.15) is 4.31 Å². The fourth-order valence-electron chi connectivity index (χ4n) is 4.01. The predicted octanol–water partition coefficient (Wildman–Crippen LogP) is -0.950. The predicted molar refractivity (Wildman–Crippen MR) is 118 cm³/mol. The number of ether oxygens (including phenoxy) is 3. The van der Waals surface area contributed by atoms with Gasteiger partial charge in [-0.15, -0.1) is 0 Å². The molecule has 1 aromatic carbocycles. The highest BCUT2D eigenvalue weighted by Gasteiger charge is 2.37. The van der Waals surface area contributed by atoms with Crippen LogP contribution in [0.15, 0.2) is 23.1 Å². The first kappa shape index (κ1) is 24.2. The summed E-state index contributed by atoms with van der Waals surface area (Å²) in [6, 6.07) is 4.37. The summed E-state index contributed by atoms with van der Waals surface area (Å²) in [6.07, 6.45) is 0.992. The van der Waals surface area contributed by atoms with E-state index in [9.17, 15) is 22.8 Å². The van der Waals surface area contributed by atoms with E-state index in [0.29, 0.717) is 44.1 Å². The molecule has 0 spiro atoms. The molecule has 3 heterocycles. The Morgan fingerprint density at radius 3 is 2.56 bits per heavy atom. The Balaban J connectivity index is 1.26. The largest absolute Gasteiger partial charge is 0.486 e. The summed E-state index contributed by atoms with van der Waals surface area (Å²) < 4.78 is 43.8. The number of rotatable bonds is 8. The molecule has 0 radical (unpaired) electrons. The highest BCUT2D eigenvalue weighted by Crippen LogP contribution is 2.34. The van der Waals surface area contributed by atoms with Crippen LogP contribution in [0.1, 0.15) is 19.3 Å². The first-order valence-corrected chi connectivity index (χ1v) is 12.7. The Hall–Kier alpha value is -2.90. The van der Waals surface area contributed by atoms with Crippen LogP contribution in [0.2, 0.25) is 0 Å². The molecule has 2 fully saturated rings. The lowest BCUT2D eigenvalue weighted by atomic mass is 10.3. The number of likely N-dealkylation sites (tertiary alicyclic amines) is 1. The first-order chi connectivity index (χ1) is 16.4. The van der Waals surface area contributed by atoms with Crippen molar-refractivity contribution in [2.24, 2.45) is 0 Å². The quantitative estimate of drug-likeness (QED) is 0.346. The monoisotopic (exact) mass is 496 g/mol. The summed E-state index contributed by atoms with van der Waals surface area (Å²) >= 11 is 0. The van der Waals surface area contributed by atoms with Gasteiger partial charge in [0.2, 0.25) is 15.9 Å². The molecule has 12 nitrogen and oxygen atoms in total. The van der Waals surface area contributed by atoms with Crippen molar-refractivity contribution < 1.29 is 37.0 Å². The van der Waals surface area contributed by atoms with Gasteiger partial charge in [0.15, 0.2) is 11.5 Å². The van der Waals surface area contributed by atoms with E-state index in [-0.39, 0.29) is 37.0 Å². The molecular formula is C21H28N4O8S. The molecule has 0 aromatic heterocycles. The molecule has 3 aliphatic heterocycles. The van der Waals surface area contributed by atoms with Crippen LogP contribution in [0, 0.1) is 0 Å². The van der Waals surface area contributed by atoms with Gasteiger partial charge in [0.05, 0.1) is 18.0 Å². The van der Waals surface area contributed by atoms with Gasteiger partial charge in [-0.25, -0.2) is 8.42 Å². The maximum absolute atomic E-state index is 13.1. The number of benzene rings is 1. The lowest BCUT2D eigenvalue weighted by Gasteiger charge is -2.24. The minimum Gasteiger partial charge on any atom is -0.486 e. The lowest BCUT2D eigenvalue weighted by molar-refractivity contribution is -0.139. The van der Waals surface area contributed by atoms with Gasteiger partial charge >= 0.3 is 11.8 Å². The van der Waals surface area contributed by atoms with Crippen LogP contribution in [0.3, 0.4) is 0 Å². The smallest absolute Gasteiger partial charge is 0.309 e. The van der Waals surface area contributed by atoms with Crippen LogP contribution in [-0.2, 0) is 29.1 Å². The zero-order valence-electron chi connectivity index (χ0n) is 18.7. The number of hydrogen-bond donors (Lipinski definition) is 2. The molecule has 3 amide bonds. The fraction of sp³-hybridized carbons (Fsp3) is 0.571. The second-order valence-corrected chi connectivity index (χ2v) is 9.94. The topological polar surface area (TPSA) is 144 Å². The van der Waals surface area contributed by atoms with Crippen molar-refractivity contribution in [2.45, 2.75) is 30.4 Å². The van der Waals surface area contributed by atoms with Crippen molar-refractivity contribution in [2.75, 3.05) is 52.5 Å². The fourth-order valence-corrected chi connectivity index (χ4v) is 5.54. The number of carbonyl (C=O) groups excluding carboxylic acids is 3. The molecule has 2 N–H and O–H groups in total. The van der Waals surface area contributed by atoms with Crippen molar-refractivity contribution in [3.05, 3.63) is 18.2 Å². The molecule has 0 aliphatic carbocycles. The average molecular weight is 497 g/mol. The van der Waals surface area contributed by atoms with E-state index in [1.807, 2.05) is 0 Å². The van der Waals surface area contributed by atoms with Crippen molar-refractivity contribution in [1.82, 2.24) is 19.8 Å². The van der Waals surface area contributed by atoms with Crippen molar-refractivity contribution in [1.29, 1.82) is 0 Å². The van der Waals surface area contributed by atoms with Crippen LogP contribution in [0.5, 0.6) is 11.5 Å². The van der Waals surface area contributed by atoms with E-state index in [0.717, 1.165) is 17.3 Å². The van der Waals surface area contributed by atoms with E-state index in [1.165, 1.54) is 12.1 Å². The first-order valence-electron chi connectivity index (χ1n) is 11.2. The van der Waals surface area contributed by atoms with Gasteiger partial charge in [-0.3, -0.25) is 14.4 Å². The minimum absolute atomic E-state index is 0.0211. The van der Waals surface area contributed by atoms with Crippen LogP contribution in [-0.4, -0.2) is 94.1 Å². The van der Waals surface area contributed by atoms with Crippen molar-refractivity contribution in [3.8, 4) is 11.5 Å². The molecule has 0 saturated carbocycles. The van der Waals surface area contributed by atoms with Gasteiger partial charge in [-0.05, 0) is 25.0 Å². The second-order valence-electron chi connectivity index (χ2n) is 8.05.